The van der Waals surface area contributed by atoms with Crippen LogP contribution < -0.4 is 10.9 Å². The molecule has 2 aromatic heterocycles. The van der Waals surface area contributed by atoms with Gasteiger partial charge < -0.3 is 19.3 Å². The van der Waals surface area contributed by atoms with Gasteiger partial charge in [-0.3, -0.25) is 4.79 Å². The fourth-order valence-electron chi connectivity index (χ4n) is 3.91. The van der Waals surface area contributed by atoms with Crippen LogP contribution in [-0.2, 0) is 21.4 Å². The lowest BCUT2D eigenvalue weighted by Crippen LogP contribution is -2.42. The standard InChI is InChI=1S/C24H29NO6S/c1-12-14(7-8-19(26)25-18(11-32-6)22(27)28)23(29)31-21-13(2)20-16(9-15(12)21)17(10-30-20)24(3,4)5/h9-10,18H,7-8,11H2,1-6H3,(H,25,26)(H,27,28). The maximum absolute atomic E-state index is 12.7. The molecule has 1 unspecified atom stereocenters. The molecule has 3 rings (SSSR count). The van der Waals surface area contributed by atoms with Crippen molar-refractivity contribution in [3.05, 3.63) is 45.0 Å². The lowest BCUT2D eigenvalue weighted by Gasteiger charge is -2.17. The Hall–Kier alpha value is -2.74. The quantitative estimate of drug-likeness (QED) is 0.506. The van der Waals surface area contributed by atoms with Gasteiger partial charge in [-0.2, -0.15) is 11.8 Å². The fourth-order valence-corrected chi connectivity index (χ4v) is 4.47. The molecule has 0 saturated heterocycles. The van der Waals surface area contributed by atoms with Crippen molar-refractivity contribution in [3.8, 4) is 0 Å². The molecule has 2 N–H and O–H groups in total. The molecule has 3 aromatic rings. The first-order valence-electron chi connectivity index (χ1n) is 10.4. The Labute approximate surface area is 190 Å². The topological polar surface area (TPSA) is 110 Å². The second-order valence-corrected chi connectivity index (χ2v) is 9.97. The lowest BCUT2D eigenvalue weighted by molar-refractivity contribution is -0.141. The van der Waals surface area contributed by atoms with Crippen molar-refractivity contribution in [2.24, 2.45) is 0 Å². The Morgan fingerprint density at radius 2 is 1.84 bits per heavy atom. The van der Waals surface area contributed by atoms with Gasteiger partial charge in [-0.1, -0.05) is 20.8 Å². The van der Waals surface area contributed by atoms with Crippen LogP contribution >= 0.6 is 11.8 Å². The molecule has 1 atom stereocenters. The molecular weight excluding hydrogens is 430 g/mol. The van der Waals surface area contributed by atoms with Crippen LogP contribution in [0.15, 0.2) is 26.0 Å². The third-order valence-electron chi connectivity index (χ3n) is 5.72. The van der Waals surface area contributed by atoms with Crippen LogP contribution in [0.2, 0.25) is 0 Å². The monoisotopic (exact) mass is 459 g/mol. The smallest absolute Gasteiger partial charge is 0.339 e. The fraction of sp³-hybridized carbons (Fsp3) is 0.458. The van der Waals surface area contributed by atoms with Crippen molar-refractivity contribution in [2.75, 3.05) is 12.0 Å². The molecule has 172 valence electrons. The number of carbonyl (C=O) groups is 2. The van der Waals surface area contributed by atoms with Crippen molar-refractivity contribution in [2.45, 2.75) is 58.9 Å². The number of aryl methyl sites for hydroxylation is 2. The minimum Gasteiger partial charge on any atom is -0.480 e. The van der Waals surface area contributed by atoms with Gasteiger partial charge in [0.15, 0.2) is 0 Å². The van der Waals surface area contributed by atoms with Crippen LogP contribution in [0.1, 0.15) is 49.4 Å². The summed E-state index contributed by atoms with van der Waals surface area (Å²) >= 11 is 1.34. The highest BCUT2D eigenvalue weighted by Crippen LogP contribution is 2.37. The highest BCUT2D eigenvalue weighted by Gasteiger charge is 2.24. The predicted octanol–water partition coefficient (Wildman–Crippen LogP) is 4.32. The Morgan fingerprint density at radius 1 is 1.16 bits per heavy atom. The second kappa shape index (κ2) is 9.02. The van der Waals surface area contributed by atoms with Gasteiger partial charge in [-0.05, 0) is 43.6 Å². The van der Waals surface area contributed by atoms with Gasteiger partial charge >= 0.3 is 11.6 Å². The normalized spacial score (nSPS) is 12.9. The second-order valence-electron chi connectivity index (χ2n) is 9.06. The van der Waals surface area contributed by atoms with Crippen LogP contribution in [0, 0.1) is 13.8 Å². The molecule has 8 heteroatoms. The molecule has 0 spiro atoms. The van der Waals surface area contributed by atoms with E-state index in [1.54, 1.807) is 12.5 Å². The molecule has 0 aliphatic heterocycles. The highest BCUT2D eigenvalue weighted by molar-refractivity contribution is 7.98. The van der Waals surface area contributed by atoms with Gasteiger partial charge in [0.2, 0.25) is 5.91 Å². The predicted molar refractivity (Wildman–Crippen MR) is 127 cm³/mol. The summed E-state index contributed by atoms with van der Waals surface area (Å²) in [6.07, 6.45) is 3.68. The third kappa shape index (κ3) is 4.55. The Balaban J connectivity index is 1.98. The number of fused-ring (bicyclic) bond motifs is 2. The number of hydrogen-bond donors (Lipinski definition) is 2. The summed E-state index contributed by atoms with van der Waals surface area (Å²) in [5.41, 5.74) is 3.58. The Morgan fingerprint density at radius 3 is 2.44 bits per heavy atom. The van der Waals surface area contributed by atoms with Gasteiger partial charge in [0.25, 0.3) is 0 Å². The molecule has 0 aliphatic carbocycles. The summed E-state index contributed by atoms with van der Waals surface area (Å²) in [7, 11) is 0. The first kappa shape index (κ1) is 23.9. The summed E-state index contributed by atoms with van der Waals surface area (Å²) < 4.78 is 11.5. The summed E-state index contributed by atoms with van der Waals surface area (Å²) in [6, 6.07) is 1.03. The van der Waals surface area contributed by atoms with Crippen molar-refractivity contribution < 1.29 is 23.5 Å². The Bertz CT molecular complexity index is 1250. The minimum absolute atomic E-state index is 0.00452. The highest BCUT2D eigenvalue weighted by atomic mass is 32.2. The van der Waals surface area contributed by atoms with Gasteiger partial charge in [0.1, 0.15) is 17.2 Å². The van der Waals surface area contributed by atoms with Crippen molar-refractivity contribution in [1.29, 1.82) is 0 Å². The number of furan rings is 1. The van der Waals surface area contributed by atoms with E-state index in [4.69, 9.17) is 8.83 Å². The van der Waals surface area contributed by atoms with E-state index in [0.29, 0.717) is 16.7 Å². The van der Waals surface area contributed by atoms with Gasteiger partial charge in [0, 0.05) is 39.6 Å². The Kier molecular flexibility index (Phi) is 6.74. The number of hydrogen-bond acceptors (Lipinski definition) is 6. The van der Waals surface area contributed by atoms with Crippen molar-refractivity contribution in [3.63, 3.8) is 0 Å². The van der Waals surface area contributed by atoms with Gasteiger partial charge in [-0.25, -0.2) is 9.59 Å². The molecule has 0 fully saturated rings. The number of carboxylic acid groups (broad SMARTS) is 1. The summed E-state index contributed by atoms with van der Waals surface area (Å²) in [6.45, 7) is 10.1. The number of thioether (sulfide) groups is 1. The molecule has 1 amide bonds. The van der Waals surface area contributed by atoms with E-state index in [9.17, 15) is 19.5 Å². The number of nitrogens with one attached hydrogen (secondary N) is 1. The number of amides is 1. The van der Waals surface area contributed by atoms with Gasteiger partial charge in [-0.15, -0.1) is 0 Å². The van der Waals surface area contributed by atoms with Crippen molar-refractivity contribution in [1.82, 2.24) is 5.32 Å². The van der Waals surface area contributed by atoms with Crippen LogP contribution in [0.5, 0.6) is 0 Å². The number of aliphatic carboxylic acids is 1. The number of carboxylic acids is 1. The average Bonchev–Trinajstić information content (AvgIpc) is 3.13. The van der Waals surface area contributed by atoms with E-state index in [0.717, 1.165) is 27.5 Å². The number of benzene rings is 1. The zero-order valence-electron chi connectivity index (χ0n) is 19.3. The number of rotatable bonds is 7. The maximum Gasteiger partial charge on any atom is 0.339 e. The average molecular weight is 460 g/mol. The zero-order chi connectivity index (χ0) is 23.8. The van der Waals surface area contributed by atoms with E-state index in [1.165, 1.54) is 11.8 Å². The third-order valence-corrected chi connectivity index (χ3v) is 6.39. The maximum atomic E-state index is 12.7. The molecule has 2 heterocycles. The van der Waals surface area contributed by atoms with E-state index in [2.05, 4.69) is 26.1 Å². The van der Waals surface area contributed by atoms with Crippen LogP contribution in [0.25, 0.3) is 21.9 Å². The van der Waals surface area contributed by atoms with Crippen LogP contribution in [-0.4, -0.2) is 35.0 Å². The summed E-state index contributed by atoms with van der Waals surface area (Å²) in [5, 5.41) is 13.5. The lowest BCUT2D eigenvalue weighted by atomic mass is 9.86. The summed E-state index contributed by atoms with van der Waals surface area (Å²) in [5.74, 6) is -1.22. The molecule has 0 bridgehead atoms. The van der Waals surface area contributed by atoms with E-state index >= 15 is 0 Å². The van der Waals surface area contributed by atoms with E-state index in [1.807, 2.05) is 19.9 Å². The molecule has 0 aliphatic rings. The van der Waals surface area contributed by atoms with Crippen LogP contribution in [0.3, 0.4) is 0 Å². The minimum atomic E-state index is -1.08. The first-order chi connectivity index (χ1) is 15.0. The van der Waals surface area contributed by atoms with Crippen LogP contribution in [0.4, 0.5) is 0 Å². The van der Waals surface area contributed by atoms with E-state index in [-0.39, 0.29) is 24.0 Å². The largest absolute Gasteiger partial charge is 0.480 e. The van der Waals surface area contributed by atoms with E-state index < -0.39 is 23.5 Å². The molecule has 32 heavy (non-hydrogen) atoms. The zero-order valence-corrected chi connectivity index (χ0v) is 20.1. The molecule has 0 radical (unpaired) electrons. The molecule has 0 saturated carbocycles. The molecule has 7 nitrogen and oxygen atoms in total. The first-order valence-corrected chi connectivity index (χ1v) is 11.8. The molecule has 1 aromatic carbocycles. The van der Waals surface area contributed by atoms with Crippen molar-refractivity contribution >= 4 is 45.6 Å². The summed E-state index contributed by atoms with van der Waals surface area (Å²) in [4.78, 5) is 36.3. The van der Waals surface area contributed by atoms with Gasteiger partial charge in [0.05, 0.1) is 6.26 Å². The number of carbonyl (C=O) groups excluding carboxylic acids is 1. The molecular formula is C24H29NO6S. The SMILES string of the molecule is CSCC(NC(=O)CCc1c(C)c2cc3c(C(C)(C)C)coc3c(C)c2oc1=O)C(=O)O.